The number of nitrogens with zero attached hydrogens (tertiary/aromatic N) is 3. The Bertz CT molecular complexity index is 1190. The van der Waals surface area contributed by atoms with Crippen LogP contribution < -0.4 is 27.8 Å². The number of hydrogen-bond acceptors (Lipinski definition) is 9. The zero-order valence-corrected chi connectivity index (χ0v) is 21.4. The van der Waals surface area contributed by atoms with E-state index < -0.39 is 24.1 Å². The fourth-order valence-electron chi connectivity index (χ4n) is 3.14. The monoisotopic (exact) mass is 542 g/mol. The largest absolute Gasteiger partial charge is 0.508 e. The second-order valence-corrected chi connectivity index (χ2v) is 8.53. The van der Waals surface area contributed by atoms with E-state index in [9.17, 15) is 19.8 Å². The number of carbonyl (C=O) groups excluding carboxylic acids is 1. The molecule has 11 N–H and O–H groups in total. The van der Waals surface area contributed by atoms with Crippen molar-refractivity contribution < 1.29 is 29.4 Å². The number of carbonyl (C=O) groups is 2. The highest BCUT2D eigenvalue weighted by atomic mass is 16.5. The number of nitrogens with two attached hydrogens (primary N) is 3. The van der Waals surface area contributed by atoms with Crippen LogP contribution in [0.2, 0.25) is 0 Å². The minimum Gasteiger partial charge on any atom is -0.508 e. The van der Waals surface area contributed by atoms with Crippen LogP contribution >= 0.6 is 0 Å². The van der Waals surface area contributed by atoms with E-state index >= 15 is 0 Å². The van der Waals surface area contributed by atoms with Crippen molar-refractivity contribution in [3.8, 4) is 11.5 Å². The van der Waals surface area contributed by atoms with Gasteiger partial charge in [-0.3, -0.25) is 4.99 Å². The predicted molar refractivity (Wildman–Crippen MR) is 143 cm³/mol. The number of carboxylic acids is 1. The van der Waals surface area contributed by atoms with E-state index in [4.69, 9.17) is 26.8 Å². The first-order chi connectivity index (χ1) is 18.5. The van der Waals surface area contributed by atoms with E-state index in [0.717, 1.165) is 5.56 Å². The highest BCUT2D eigenvalue weighted by molar-refractivity contribution is 5.82. The summed E-state index contributed by atoms with van der Waals surface area (Å²) >= 11 is 0. The van der Waals surface area contributed by atoms with Crippen LogP contribution in [0.1, 0.15) is 41.7 Å². The van der Waals surface area contributed by atoms with E-state index in [1.165, 1.54) is 5.56 Å². The van der Waals surface area contributed by atoms with Crippen molar-refractivity contribution in [1.82, 2.24) is 20.8 Å². The molecule has 0 aliphatic rings. The minimum atomic E-state index is -1.18. The van der Waals surface area contributed by atoms with Gasteiger partial charge in [0.25, 0.3) is 0 Å². The summed E-state index contributed by atoms with van der Waals surface area (Å²) in [4.78, 5) is 31.2. The Morgan fingerprint density at radius 1 is 1.05 bits per heavy atom. The number of aromatic nitrogens is 2. The van der Waals surface area contributed by atoms with Crippen LogP contribution in [0.3, 0.4) is 0 Å². The van der Waals surface area contributed by atoms with Crippen LogP contribution in [0, 0.1) is 6.92 Å². The Labute approximate surface area is 224 Å². The number of amides is 2. The number of rotatable bonds is 11. The maximum absolute atomic E-state index is 12.0. The fourth-order valence-corrected chi connectivity index (χ4v) is 3.14. The molecule has 1 heterocycles. The highest BCUT2D eigenvalue weighted by Crippen LogP contribution is 2.16. The lowest BCUT2D eigenvalue weighted by Crippen LogP contribution is -2.45. The Morgan fingerprint density at radius 3 is 2.23 bits per heavy atom. The topological polar surface area (TPSA) is 248 Å². The molecule has 0 aliphatic heterocycles. The normalized spacial score (nSPS) is 11.8. The Balaban J connectivity index is 0.000000568. The summed E-state index contributed by atoms with van der Waals surface area (Å²) in [6, 6.07) is 11.3. The van der Waals surface area contributed by atoms with Crippen molar-refractivity contribution >= 4 is 18.0 Å². The maximum Gasteiger partial charge on any atom is 0.326 e. The van der Waals surface area contributed by atoms with Gasteiger partial charge in [-0.15, -0.1) is 0 Å². The summed E-state index contributed by atoms with van der Waals surface area (Å²) in [7, 11) is 0. The van der Waals surface area contributed by atoms with E-state index in [0.29, 0.717) is 18.6 Å². The van der Waals surface area contributed by atoms with Gasteiger partial charge in [-0.1, -0.05) is 35.0 Å². The highest BCUT2D eigenvalue weighted by Gasteiger charge is 2.20. The number of aromatic hydroxyl groups is 2. The van der Waals surface area contributed by atoms with Crippen LogP contribution in [-0.4, -0.2) is 56.0 Å². The van der Waals surface area contributed by atoms with E-state index in [-0.39, 0.29) is 42.9 Å². The minimum absolute atomic E-state index is 0.0840. The Morgan fingerprint density at radius 2 is 1.67 bits per heavy atom. The lowest BCUT2D eigenvalue weighted by Gasteiger charge is -2.14. The lowest BCUT2D eigenvalue weighted by molar-refractivity contribution is -0.139. The van der Waals surface area contributed by atoms with Gasteiger partial charge in [0.2, 0.25) is 5.89 Å². The molecular weight excluding hydrogens is 508 g/mol. The molecule has 1 aromatic heterocycles. The van der Waals surface area contributed by atoms with E-state index in [1.807, 2.05) is 19.1 Å². The molecule has 0 spiro atoms. The van der Waals surface area contributed by atoms with Gasteiger partial charge in [-0.2, -0.15) is 4.98 Å². The quantitative estimate of drug-likeness (QED) is 0.0964. The molecule has 39 heavy (non-hydrogen) atoms. The van der Waals surface area contributed by atoms with Crippen LogP contribution in [0.5, 0.6) is 11.5 Å². The first-order valence-corrected chi connectivity index (χ1v) is 12.0. The molecule has 210 valence electrons. The van der Waals surface area contributed by atoms with Gasteiger partial charge in [0.15, 0.2) is 11.8 Å². The third-order valence-corrected chi connectivity index (χ3v) is 5.19. The van der Waals surface area contributed by atoms with Crippen molar-refractivity contribution in [3.63, 3.8) is 0 Å². The number of phenolic OH excluding ortho intramolecular Hbond substituents is 2. The number of aliphatic carboxylic acids is 1. The van der Waals surface area contributed by atoms with E-state index in [2.05, 4.69) is 25.8 Å². The third-order valence-electron chi connectivity index (χ3n) is 5.19. The number of guanidine groups is 1. The van der Waals surface area contributed by atoms with Crippen molar-refractivity contribution in [2.75, 3.05) is 6.54 Å². The molecule has 0 saturated heterocycles. The van der Waals surface area contributed by atoms with Crippen LogP contribution in [0.25, 0.3) is 0 Å². The van der Waals surface area contributed by atoms with Crippen molar-refractivity contribution in [2.24, 2.45) is 22.2 Å². The predicted octanol–water partition coefficient (Wildman–Crippen LogP) is 1.02. The number of urea groups is 1. The van der Waals surface area contributed by atoms with Crippen molar-refractivity contribution in [3.05, 3.63) is 71.4 Å². The zero-order valence-electron chi connectivity index (χ0n) is 21.4. The molecule has 2 aromatic carbocycles. The number of aryl methyl sites for hydroxylation is 1. The summed E-state index contributed by atoms with van der Waals surface area (Å²) in [5.41, 5.74) is 18.5. The SMILES string of the molecule is Cc1ccc(O)cc1.NC(N)=NCCCC(NC(=O)NCc1nc(C(N)Cc2ccc(O)cc2)no1)C(=O)O. The number of carboxylic acid groups (broad SMARTS) is 1. The molecule has 0 bridgehead atoms. The summed E-state index contributed by atoms with van der Waals surface area (Å²) in [6.45, 7) is 2.13. The van der Waals surface area contributed by atoms with Crippen LogP contribution in [0.4, 0.5) is 4.79 Å². The number of aliphatic imine (C=N–C) groups is 1. The second-order valence-electron chi connectivity index (χ2n) is 8.53. The molecular formula is C25H34N8O6. The first-order valence-electron chi connectivity index (χ1n) is 12.0. The number of phenols is 2. The van der Waals surface area contributed by atoms with Crippen LogP contribution in [-0.2, 0) is 17.8 Å². The maximum atomic E-state index is 12.0. The lowest BCUT2D eigenvalue weighted by atomic mass is 10.1. The summed E-state index contributed by atoms with van der Waals surface area (Å²) in [5, 5.41) is 35.9. The molecule has 3 rings (SSSR count). The molecule has 14 heteroatoms. The zero-order chi connectivity index (χ0) is 28.8. The molecule has 3 aromatic rings. The van der Waals surface area contributed by atoms with Gasteiger partial charge >= 0.3 is 12.0 Å². The van der Waals surface area contributed by atoms with Gasteiger partial charge in [0.1, 0.15) is 17.5 Å². The van der Waals surface area contributed by atoms with Gasteiger partial charge < -0.3 is 47.7 Å². The summed E-state index contributed by atoms with van der Waals surface area (Å²) in [6.07, 6.45) is 0.949. The summed E-state index contributed by atoms with van der Waals surface area (Å²) in [5.74, 6) is -0.406. The average molecular weight is 543 g/mol. The molecule has 0 fully saturated rings. The molecule has 2 atom stereocenters. The third kappa shape index (κ3) is 11.8. The molecule has 0 aliphatic carbocycles. The number of hydrogen-bond donors (Lipinski definition) is 8. The van der Waals surface area contributed by atoms with Gasteiger partial charge in [0, 0.05) is 6.54 Å². The molecule has 2 amide bonds. The molecule has 14 nitrogen and oxygen atoms in total. The number of nitrogens with one attached hydrogen (secondary N) is 2. The van der Waals surface area contributed by atoms with Crippen molar-refractivity contribution in [2.45, 2.75) is 44.8 Å². The Kier molecular flexibility index (Phi) is 12.0. The fraction of sp³-hybridized carbons (Fsp3) is 0.320. The van der Waals surface area contributed by atoms with E-state index in [1.54, 1.807) is 36.4 Å². The molecule has 2 unspecified atom stereocenters. The number of benzene rings is 2. The average Bonchev–Trinajstić information content (AvgIpc) is 3.37. The smallest absolute Gasteiger partial charge is 0.326 e. The van der Waals surface area contributed by atoms with Gasteiger partial charge in [-0.05, 0) is 56.0 Å². The van der Waals surface area contributed by atoms with Crippen LogP contribution in [0.15, 0.2) is 58.0 Å². The standard InChI is InChI=1S/C18H26N8O5.C7H8O/c19-12(8-10-3-5-11(27)6-4-10)15-25-14(31-26-15)9-23-18(30)24-13(16(28)29)2-1-7-22-17(20)21;1-6-2-4-7(8)5-3-6/h3-6,12-13,27H,1-2,7-9,19H2,(H,28,29)(H4,20,21,22)(H2,23,24,30);2-5,8H,1H3. The molecule has 0 radical (unpaired) electrons. The van der Waals surface area contributed by atoms with Gasteiger partial charge in [0.05, 0.1) is 12.6 Å². The van der Waals surface area contributed by atoms with Gasteiger partial charge in [-0.25, -0.2) is 9.59 Å². The Hall–Kier alpha value is -4.85. The molecule has 0 saturated carbocycles. The first kappa shape index (κ1) is 30.4. The second kappa shape index (κ2) is 15.4. The summed E-state index contributed by atoms with van der Waals surface area (Å²) < 4.78 is 5.07. The van der Waals surface area contributed by atoms with Crippen molar-refractivity contribution in [1.29, 1.82) is 0 Å².